The third-order valence-corrected chi connectivity index (χ3v) is 4.41. The second-order valence-electron chi connectivity index (χ2n) is 6.00. The zero-order chi connectivity index (χ0) is 15.4. The van der Waals surface area contributed by atoms with Crippen molar-refractivity contribution >= 4 is 0 Å². The standard InChI is InChI=1S/C17H26N2O3/c1-20-16-5-3-4-13(17(16)21-2)10-18-11-15-12-19(8-9-22-15)14-6-7-14/h3-5,14-15,18H,6-12H2,1-2H3/t15-/m0/s1. The van der Waals surface area contributed by atoms with Crippen LogP contribution in [0, 0.1) is 0 Å². The Morgan fingerprint density at radius 1 is 1.27 bits per heavy atom. The molecule has 122 valence electrons. The molecule has 1 heterocycles. The fourth-order valence-electron chi connectivity index (χ4n) is 3.10. The second kappa shape index (κ2) is 7.31. The van der Waals surface area contributed by atoms with Crippen LogP contribution in [0.25, 0.3) is 0 Å². The number of hydrogen-bond donors (Lipinski definition) is 1. The van der Waals surface area contributed by atoms with Gasteiger partial charge in [0.15, 0.2) is 11.5 Å². The Balaban J connectivity index is 1.50. The molecule has 1 saturated heterocycles. The van der Waals surface area contributed by atoms with E-state index in [0.29, 0.717) is 0 Å². The van der Waals surface area contributed by atoms with Crippen LogP contribution in [0.4, 0.5) is 0 Å². The average Bonchev–Trinajstić information content (AvgIpc) is 3.40. The molecule has 2 fully saturated rings. The van der Waals surface area contributed by atoms with E-state index in [9.17, 15) is 0 Å². The molecule has 1 aliphatic carbocycles. The maximum atomic E-state index is 5.87. The van der Waals surface area contributed by atoms with Crippen molar-refractivity contribution in [1.82, 2.24) is 10.2 Å². The molecule has 1 saturated carbocycles. The van der Waals surface area contributed by atoms with Gasteiger partial charge in [-0.25, -0.2) is 0 Å². The molecule has 0 spiro atoms. The fourth-order valence-corrected chi connectivity index (χ4v) is 3.10. The van der Waals surface area contributed by atoms with Gasteiger partial charge in [0.2, 0.25) is 0 Å². The maximum Gasteiger partial charge on any atom is 0.165 e. The van der Waals surface area contributed by atoms with Gasteiger partial charge in [-0.15, -0.1) is 0 Å². The Morgan fingerprint density at radius 2 is 2.14 bits per heavy atom. The van der Waals surface area contributed by atoms with Gasteiger partial charge in [0.05, 0.1) is 26.9 Å². The van der Waals surface area contributed by atoms with E-state index in [1.54, 1.807) is 14.2 Å². The number of nitrogens with one attached hydrogen (secondary N) is 1. The first-order chi connectivity index (χ1) is 10.8. The summed E-state index contributed by atoms with van der Waals surface area (Å²) in [5.41, 5.74) is 1.11. The Hall–Kier alpha value is -1.30. The summed E-state index contributed by atoms with van der Waals surface area (Å²) in [5, 5.41) is 3.49. The normalized spacial score (nSPS) is 22.5. The minimum Gasteiger partial charge on any atom is -0.493 e. The number of benzene rings is 1. The highest BCUT2D eigenvalue weighted by Gasteiger charge is 2.32. The van der Waals surface area contributed by atoms with Gasteiger partial charge >= 0.3 is 0 Å². The molecule has 1 aliphatic heterocycles. The van der Waals surface area contributed by atoms with E-state index in [0.717, 1.165) is 55.9 Å². The number of nitrogens with zero attached hydrogens (tertiary/aromatic N) is 1. The van der Waals surface area contributed by atoms with Crippen LogP contribution < -0.4 is 14.8 Å². The zero-order valence-corrected chi connectivity index (χ0v) is 13.5. The van der Waals surface area contributed by atoms with Crippen LogP contribution >= 0.6 is 0 Å². The first-order valence-electron chi connectivity index (χ1n) is 8.08. The topological polar surface area (TPSA) is 43.0 Å². The number of rotatable bonds is 7. The molecule has 1 aromatic rings. The van der Waals surface area contributed by atoms with Gasteiger partial charge in [0, 0.05) is 37.8 Å². The lowest BCUT2D eigenvalue weighted by atomic mass is 10.1. The molecular weight excluding hydrogens is 280 g/mol. The van der Waals surface area contributed by atoms with Crippen molar-refractivity contribution in [2.24, 2.45) is 0 Å². The summed E-state index contributed by atoms with van der Waals surface area (Å²) in [6.07, 6.45) is 3.01. The van der Waals surface area contributed by atoms with Crippen molar-refractivity contribution in [1.29, 1.82) is 0 Å². The fraction of sp³-hybridized carbons (Fsp3) is 0.647. The van der Waals surface area contributed by atoms with E-state index in [4.69, 9.17) is 14.2 Å². The van der Waals surface area contributed by atoms with Crippen molar-refractivity contribution in [2.45, 2.75) is 31.5 Å². The first kappa shape index (κ1) is 15.6. The molecule has 5 nitrogen and oxygen atoms in total. The molecular formula is C17H26N2O3. The van der Waals surface area contributed by atoms with Crippen LogP contribution in [0.5, 0.6) is 11.5 Å². The van der Waals surface area contributed by atoms with E-state index < -0.39 is 0 Å². The molecule has 0 radical (unpaired) electrons. The van der Waals surface area contributed by atoms with Gasteiger partial charge in [-0.3, -0.25) is 4.90 Å². The highest BCUT2D eigenvalue weighted by atomic mass is 16.5. The minimum absolute atomic E-state index is 0.283. The predicted molar refractivity (Wildman–Crippen MR) is 85.6 cm³/mol. The van der Waals surface area contributed by atoms with Crippen molar-refractivity contribution in [3.05, 3.63) is 23.8 Å². The van der Waals surface area contributed by atoms with Crippen LogP contribution in [-0.4, -0.2) is 57.5 Å². The van der Waals surface area contributed by atoms with Gasteiger partial charge in [-0.05, 0) is 18.9 Å². The van der Waals surface area contributed by atoms with Gasteiger partial charge in [0.25, 0.3) is 0 Å². The van der Waals surface area contributed by atoms with Crippen LogP contribution in [0.1, 0.15) is 18.4 Å². The molecule has 2 aliphatic rings. The lowest BCUT2D eigenvalue weighted by Gasteiger charge is -2.33. The summed E-state index contributed by atoms with van der Waals surface area (Å²) < 4.78 is 16.7. The largest absolute Gasteiger partial charge is 0.493 e. The number of para-hydroxylation sites is 1. The quantitative estimate of drug-likeness (QED) is 0.830. The average molecular weight is 306 g/mol. The van der Waals surface area contributed by atoms with Crippen molar-refractivity contribution in [3.8, 4) is 11.5 Å². The molecule has 5 heteroatoms. The Labute approximate surface area is 132 Å². The Morgan fingerprint density at radius 3 is 2.86 bits per heavy atom. The summed E-state index contributed by atoms with van der Waals surface area (Å²) in [7, 11) is 3.34. The lowest BCUT2D eigenvalue weighted by Crippen LogP contribution is -2.47. The van der Waals surface area contributed by atoms with Crippen LogP contribution in [0.15, 0.2) is 18.2 Å². The SMILES string of the molecule is COc1cccc(CNC[C@H]2CN(C3CC3)CCO2)c1OC. The van der Waals surface area contributed by atoms with Crippen molar-refractivity contribution in [2.75, 3.05) is 40.5 Å². The lowest BCUT2D eigenvalue weighted by molar-refractivity contribution is -0.0301. The number of hydrogen-bond acceptors (Lipinski definition) is 5. The highest BCUT2D eigenvalue weighted by Crippen LogP contribution is 2.30. The monoisotopic (exact) mass is 306 g/mol. The number of morpholine rings is 1. The molecule has 1 N–H and O–H groups in total. The molecule has 0 aromatic heterocycles. The third kappa shape index (κ3) is 3.72. The molecule has 0 unspecified atom stereocenters. The first-order valence-corrected chi connectivity index (χ1v) is 8.08. The summed E-state index contributed by atoms with van der Waals surface area (Å²) in [5.74, 6) is 1.58. The van der Waals surface area contributed by atoms with Gasteiger partial charge in [0.1, 0.15) is 0 Å². The van der Waals surface area contributed by atoms with Crippen molar-refractivity contribution < 1.29 is 14.2 Å². The molecule has 22 heavy (non-hydrogen) atoms. The van der Waals surface area contributed by atoms with E-state index in [1.807, 2.05) is 12.1 Å². The van der Waals surface area contributed by atoms with Crippen LogP contribution in [0.2, 0.25) is 0 Å². The van der Waals surface area contributed by atoms with Gasteiger partial charge in [-0.1, -0.05) is 12.1 Å². The summed E-state index contributed by atoms with van der Waals surface area (Å²) in [4.78, 5) is 2.57. The third-order valence-electron chi connectivity index (χ3n) is 4.41. The second-order valence-corrected chi connectivity index (χ2v) is 6.00. The minimum atomic E-state index is 0.283. The number of ether oxygens (including phenoxy) is 3. The molecule has 1 aromatic carbocycles. The summed E-state index contributed by atoms with van der Waals surface area (Å²) in [6, 6.07) is 6.79. The molecule has 3 rings (SSSR count). The molecule has 0 amide bonds. The summed E-state index contributed by atoms with van der Waals surface area (Å²) in [6.45, 7) is 4.61. The van der Waals surface area contributed by atoms with Crippen LogP contribution in [-0.2, 0) is 11.3 Å². The zero-order valence-electron chi connectivity index (χ0n) is 13.5. The highest BCUT2D eigenvalue weighted by molar-refractivity contribution is 5.46. The molecule has 1 atom stereocenters. The van der Waals surface area contributed by atoms with Crippen molar-refractivity contribution in [3.63, 3.8) is 0 Å². The molecule has 0 bridgehead atoms. The number of methoxy groups -OCH3 is 2. The van der Waals surface area contributed by atoms with E-state index >= 15 is 0 Å². The Bertz CT molecular complexity index is 491. The van der Waals surface area contributed by atoms with Crippen LogP contribution in [0.3, 0.4) is 0 Å². The van der Waals surface area contributed by atoms with E-state index in [2.05, 4.69) is 16.3 Å². The predicted octanol–water partition coefficient (Wildman–Crippen LogP) is 1.66. The Kier molecular flexibility index (Phi) is 5.18. The van der Waals surface area contributed by atoms with E-state index in [1.165, 1.54) is 12.8 Å². The maximum absolute atomic E-state index is 5.87. The van der Waals surface area contributed by atoms with E-state index in [-0.39, 0.29) is 6.10 Å². The smallest absolute Gasteiger partial charge is 0.165 e. The van der Waals surface area contributed by atoms with Gasteiger partial charge < -0.3 is 19.5 Å². The summed E-state index contributed by atoms with van der Waals surface area (Å²) >= 11 is 0. The van der Waals surface area contributed by atoms with Gasteiger partial charge in [-0.2, -0.15) is 0 Å².